The SMILES string of the molecule is CCC1CNC(C(C)C)CN1CC1CCN(C)CC1. The van der Waals surface area contributed by atoms with Crippen molar-refractivity contribution in [1.29, 1.82) is 0 Å². The molecule has 2 rings (SSSR count). The predicted octanol–water partition coefficient (Wildman–Crippen LogP) is 2.04. The minimum Gasteiger partial charge on any atom is -0.311 e. The molecule has 2 aliphatic heterocycles. The quantitative estimate of drug-likeness (QED) is 0.841. The van der Waals surface area contributed by atoms with E-state index < -0.39 is 0 Å². The van der Waals surface area contributed by atoms with Crippen molar-refractivity contribution in [3.8, 4) is 0 Å². The number of nitrogens with one attached hydrogen (secondary N) is 1. The molecule has 0 aromatic rings. The van der Waals surface area contributed by atoms with Gasteiger partial charge in [0, 0.05) is 31.7 Å². The van der Waals surface area contributed by atoms with E-state index in [-0.39, 0.29) is 0 Å². The van der Waals surface area contributed by atoms with Gasteiger partial charge in [-0.15, -0.1) is 0 Å². The molecule has 0 saturated carbocycles. The molecule has 2 atom stereocenters. The van der Waals surface area contributed by atoms with Crippen molar-refractivity contribution in [2.45, 2.75) is 52.1 Å². The molecule has 2 unspecified atom stereocenters. The molecular formula is C16H33N3. The molecule has 2 fully saturated rings. The van der Waals surface area contributed by atoms with Crippen LogP contribution in [0.2, 0.25) is 0 Å². The van der Waals surface area contributed by atoms with E-state index in [4.69, 9.17) is 0 Å². The van der Waals surface area contributed by atoms with Crippen molar-refractivity contribution in [2.24, 2.45) is 11.8 Å². The first-order chi connectivity index (χ1) is 9.10. The highest BCUT2D eigenvalue weighted by Crippen LogP contribution is 2.22. The minimum atomic E-state index is 0.689. The van der Waals surface area contributed by atoms with Gasteiger partial charge in [-0.05, 0) is 51.2 Å². The molecule has 19 heavy (non-hydrogen) atoms. The maximum absolute atomic E-state index is 3.74. The third-order valence-corrected chi connectivity index (χ3v) is 5.17. The maximum atomic E-state index is 3.74. The van der Waals surface area contributed by atoms with Gasteiger partial charge in [0.05, 0.1) is 0 Å². The highest BCUT2D eigenvalue weighted by molar-refractivity contribution is 4.88. The second kappa shape index (κ2) is 7.05. The number of piperidine rings is 1. The second-order valence-electron chi connectivity index (χ2n) is 7.02. The fourth-order valence-electron chi connectivity index (χ4n) is 3.53. The summed E-state index contributed by atoms with van der Waals surface area (Å²) in [7, 11) is 2.25. The van der Waals surface area contributed by atoms with Crippen LogP contribution in [0.5, 0.6) is 0 Å². The first-order valence-corrected chi connectivity index (χ1v) is 8.26. The molecular weight excluding hydrogens is 234 g/mol. The van der Waals surface area contributed by atoms with E-state index in [2.05, 4.69) is 42.9 Å². The number of nitrogens with zero attached hydrogens (tertiary/aromatic N) is 2. The van der Waals surface area contributed by atoms with E-state index in [1.807, 2.05) is 0 Å². The van der Waals surface area contributed by atoms with Gasteiger partial charge in [0.1, 0.15) is 0 Å². The van der Waals surface area contributed by atoms with Gasteiger partial charge in [-0.1, -0.05) is 20.8 Å². The van der Waals surface area contributed by atoms with Crippen LogP contribution in [0.3, 0.4) is 0 Å². The molecule has 0 aromatic carbocycles. The summed E-state index contributed by atoms with van der Waals surface area (Å²) in [6, 6.07) is 1.45. The van der Waals surface area contributed by atoms with E-state index in [0.29, 0.717) is 6.04 Å². The van der Waals surface area contributed by atoms with Gasteiger partial charge >= 0.3 is 0 Å². The highest BCUT2D eigenvalue weighted by atomic mass is 15.2. The van der Waals surface area contributed by atoms with Crippen LogP contribution >= 0.6 is 0 Å². The van der Waals surface area contributed by atoms with Crippen molar-refractivity contribution in [3.63, 3.8) is 0 Å². The van der Waals surface area contributed by atoms with Gasteiger partial charge in [-0.2, -0.15) is 0 Å². The van der Waals surface area contributed by atoms with Gasteiger partial charge in [0.2, 0.25) is 0 Å². The molecule has 3 heteroatoms. The van der Waals surface area contributed by atoms with Crippen molar-refractivity contribution >= 4 is 0 Å². The first-order valence-electron chi connectivity index (χ1n) is 8.26. The average Bonchev–Trinajstić information content (AvgIpc) is 2.41. The summed E-state index contributed by atoms with van der Waals surface area (Å²) in [5.74, 6) is 1.67. The molecule has 0 radical (unpaired) electrons. The van der Waals surface area contributed by atoms with Crippen molar-refractivity contribution in [3.05, 3.63) is 0 Å². The molecule has 0 amide bonds. The van der Waals surface area contributed by atoms with E-state index in [9.17, 15) is 0 Å². The molecule has 2 aliphatic rings. The Balaban J connectivity index is 1.87. The van der Waals surface area contributed by atoms with Crippen LogP contribution in [0.1, 0.15) is 40.0 Å². The largest absolute Gasteiger partial charge is 0.311 e. The van der Waals surface area contributed by atoms with Gasteiger partial charge < -0.3 is 10.2 Å². The topological polar surface area (TPSA) is 18.5 Å². The van der Waals surface area contributed by atoms with E-state index in [1.54, 1.807) is 0 Å². The fraction of sp³-hybridized carbons (Fsp3) is 1.00. The molecule has 0 aliphatic carbocycles. The average molecular weight is 267 g/mol. The van der Waals surface area contributed by atoms with Crippen LogP contribution in [0.25, 0.3) is 0 Å². The molecule has 2 saturated heterocycles. The van der Waals surface area contributed by atoms with Gasteiger partial charge in [-0.3, -0.25) is 4.90 Å². The Morgan fingerprint density at radius 2 is 1.89 bits per heavy atom. The lowest BCUT2D eigenvalue weighted by molar-refractivity contribution is 0.0765. The zero-order valence-electron chi connectivity index (χ0n) is 13.4. The summed E-state index contributed by atoms with van der Waals surface area (Å²) in [6.07, 6.45) is 4.07. The van der Waals surface area contributed by atoms with Crippen LogP contribution in [-0.4, -0.2) is 61.7 Å². The zero-order valence-corrected chi connectivity index (χ0v) is 13.4. The smallest absolute Gasteiger partial charge is 0.0218 e. The molecule has 0 bridgehead atoms. The maximum Gasteiger partial charge on any atom is 0.0218 e. The van der Waals surface area contributed by atoms with E-state index in [1.165, 1.54) is 52.0 Å². The van der Waals surface area contributed by atoms with Crippen molar-refractivity contribution < 1.29 is 0 Å². The lowest BCUT2D eigenvalue weighted by Gasteiger charge is -2.44. The standard InChI is InChI=1S/C16H33N3/c1-5-15-10-17-16(13(2)3)12-19(15)11-14-6-8-18(4)9-7-14/h13-17H,5-12H2,1-4H3. The van der Waals surface area contributed by atoms with Crippen LogP contribution < -0.4 is 5.32 Å². The van der Waals surface area contributed by atoms with Crippen molar-refractivity contribution in [2.75, 3.05) is 39.8 Å². The summed E-state index contributed by atoms with van der Waals surface area (Å²) >= 11 is 0. The number of hydrogen-bond donors (Lipinski definition) is 1. The second-order valence-corrected chi connectivity index (χ2v) is 7.02. The summed E-state index contributed by atoms with van der Waals surface area (Å²) in [5, 5.41) is 3.74. The van der Waals surface area contributed by atoms with Crippen LogP contribution in [-0.2, 0) is 0 Å². The highest BCUT2D eigenvalue weighted by Gasteiger charge is 2.30. The summed E-state index contributed by atoms with van der Waals surface area (Å²) in [5.41, 5.74) is 0. The number of likely N-dealkylation sites (tertiary alicyclic amines) is 1. The van der Waals surface area contributed by atoms with Gasteiger partial charge in [0.15, 0.2) is 0 Å². The van der Waals surface area contributed by atoms with Crippen LogP contribution in [0, 0.1) is 11.8 Å². The molecule has 3 nitrogen and oxygen atoms in total. The van der Waals surface area contributed by atoms with Crippen molar-refractivity contribution in [1.82, 2.24) is 15.1 Å². The monoisotopic (exact) mass is 267 g/mol. The van der Waals surface area contributed by atoms with Gasteiger partial charge in [-0.25, -0.2) is 0 Å². The zero-order chi connectivity index (χ0) is 13.8. The number of rotatable bonds is 4. The summed E-state index contributed by atoms with van der Waals surface area (Å²) in [6.45, 7) is 13.4. The molecule has 1 N–H and O–H groups in total. The Kier molecular flexibility index (Phi) is 5.67. The lowest BCUT2D eigenvalue weighted by atomic mass is 9.93. The molecule has 0 spiro atoms. The lowest BCUT2D eigenvalue weighted by Crippen LogP contribution is -2.59. The normalized spacial score (nSPS) is 32.1. The third-order valence-electron chi connectivity index (χ3n) is 5.17. The van der Waals surface area contributed by atoms with E-state index >= 15 is 0 Å². The minimum absolute atomic E-state index is 0.689. The van der Waals surface area contributed by atoms with Crippen LogP contribution in [0.15, 0.2) is 0 Å². The molecule has 2 heterocycles. The predicted molar refractivity (Wildman–Crippen MR) is 82.5 cm³/mol. The summed E-state index contributed by atoms with van der Waals surface area (Å²) < 4.78 is 0. The number of piperazine rings is 1. The number of hydrogen-bond acceptors (Lipinski definition) is 3. The Morgan fingerprint density at radius 3 is 2.47 bits per heavy atom. The first kappa shape index (κ1) is 15.3. The molecule has 112 valence electrons. The Hall–Kier alpha value is -0.120. The molecule has 0 aromatic heterocycles. The van der Waals surface area contributed by atoms with Gasteiger partial charge in [0.25, 0.3) is 0 Å². The fourth-order valence-corrected chi connectivity index (χ4v) is 3.53. The Morgan fingerprint density at radius 1 is 1.21 bits per heavy atom. The Labute approximate surface area is 119 Å². The van der Waals surface area contributed by atoms with E-state index in [0.717, 1.165) is 17.9 Å². The third kappa shape index (κ3) is 4.17. The Bertz CT molecular complexity index is 259. The van der Waals surface area contributed by atoms with Crippen LogP contribution in [0.4, 0.5) is 0 Å². The summed E-state index contributed by atoms with van der Waals surface area (Å²) in [4.78, 5) is 5.26.